The number of hydrogen-bond donors (Lipinski definition) is 1. The minimum atomic E-state index is -2.87. The molecule has 2 aromatic carbocycles. The Morgan fingerprint density at radius 1 is 1.07 bits per heavy atom. The van der Waals surface area contributed by atoms with Crippen LogP contribution < -0.4 is 23.5 Å². The molecule has 0 saturated heterocycles. The molecule has 2 heterocycles. The fourth-order valence-electron chi connectivity index (χ4n) is 2.91. The van der Waals surface area contributed by atoms with E-state index in [9.17, 15) is 9.46 Å². The summed E-state index contributed by atoms with van der Waals surface area (Å²) in [6.45, 7) is 0.0957. The third-order valence-corrected chi connectivity index (χ3v) is 4.50. The van der Waals surface area contributed by atoms with E-state index in [1.807, 2.05) is 0 Å². The Kier molecular flexibility index (Phi) is 4.77. The van der Waals surface area contributed by atoms with Crippen LogP contribution in [0.15, 0.2) is 41.1 Å². The standard InChI is InChI=1S/C18H14NO8P/c1-22-11-3-4-12(14(7-11)27-28(20)21)13-8-19-26-17(13)10-5-15(23-2)18-16(6-10)24-9-25-18/h3-8H,9H2,1-2H3/p+1. The lowest BCUT2D eigenvalue weighted by atomic mass is 10.0. The maximum absolute atomic E-state index is 11.3. The van der Waals surface area contributed by atoms with Crippen molar-refractivity contribution in [1.29, 1.82) is 0 Å². The fourth-order valence-corrected chi connectivity index (χ4v) is 3.23. The number of aromatic nitrogens is 1. The van der Waals surface area contributed by atoms with Crippen LogP contribution in [0.3, 0.4) is 0 Å². The van der Waals surface area contributed by atoms with Crippen molar-refractivity contribution in [3.05, 3.63) is 36.5 Å². The Hall–Kier alpha value is -3.29. The van der Waals surface area contributed by atoms with E-state index in [4.69, 9.17) is 28.0 Å². The van der Waals surface area contributed by atoms with Gasteiger partial charge in [0.1, 0.15) is 5.75 Å². The number of rotatable bonds is 6. The Morgan fingerprint density at radius 3 is 2.68 bits per heavy atom. The van der Waals surface area contributed by atoms with Gasteiger partial charge in [-0.2, -0.15) is 0 Å². The van der Waals surface area contributed by atoms with E-state index >= 15 is 0 Å². The SMILES string of the molecule is COc1ccc(-c2cnoc2-c2cc(OC)c3c(c2)OCO3)c(O[P+](=O)O)c1. The predicted octanol–water partition coefficient (Wildman–Crippen LogP) is 3.78. The highest BCUT2D eigenvalue weighted by molar-refractivity contribution is 7.32. The van der Waals surface area contributed by atoms with Crippen LogP contribution in [0.5, 0.6) is 28.7 Å². The zero-order valence-corrected chi connectivity index (χ0v) is 15.8. The molecular weight excluding hydrogens is 389 g/mol. The summed E-state index contributed by atoms with van der Waals surface area (Å²) in [5, 5.41) is 3.88. The lowest BCUT2D eigenvalue weighted by Gasteiger charge is -2.09. The van der Waals surface area contributed by atoms with E-state index in [0.29, 0.717) is 45.4 Å². The summed E-state index contributed by atoms with van der Waals surface area (Å²) in [5.74, 6) is 2.54. The third-order valence-electron chi connectivity index (χ3n) is 4.15. The smallest absolute Gasteiger partial charge is 0.497 e. The minimum Gasteiger partial charge on any atom is -0.497 e. The van der Waals surface area contributed by atoms with Gasteiger partial charge in [-0.25, -0.2) is 4.52 Å². The van der Waals surface area contributed by atoms with Gasteiger partial charge in [-0.15, -0.1) is 4.89 Å². The molecule has 3 aromatic rings. The molecule has 1 atom stereocenters. The summed E-state index contributed by atoms with van der Waals surface area (Å²) in [6, 6.07) is 8.37. The van der Waals surface area contributed by atoms with Gasteiger partial charge in [0.2, 0.25) is 18.3 Å². The Bertz CT molecular complexity index is 1050. The van der Waals surface area contributed by atoms with E-state index < -0.39 is 8.25 Å². The number of benzene rings is 2. The van der Waals surface area contributed by atoms with Gasteiger partial charge in [0.05, 0.1) is 26.0 Å². The predicted molar refractivity (Wildman–Crippen MR) is 97.1 cm³/mol. The highest BCUT2D eigenvalue weighted by atomic mass is 31.1. The van der Waals surface area contributed by atoms with Crippen molar-refractivity contribution < 1.29 is 37.5 Å². The first-order valence-electron chi connectivity index (χ1n) is 8.06. The quantitative estimate of drug-likeness (QED) is 0.614. The largest absolute Gasteiger partial charge is 0.747 e. The molecule has 0 saturated carbocycles. The van der Waals surface area contributed by atoms with Crippen LogP contribution >= 0.6 is 8.25 Å². The van der Waals surface area contributed by atoms with Gasteiger partial charge in [-0.05, 0) is 24.3 Å². The summed E-state index contributed by atoms with van der Waals surface area (Å²) < 4.78 is 43.2. The van der Waals surface area contributed by atoms with Crippen molar-refractivity contribution in [2.45, 2.75) is 0 Å². The highest BCUT2D eigenvalue weighted by Crippen LogP contribution is 2.47. The molecule has 1 aromatic heterocycles. The molecule has 0 aliphatic carbocycles. The van der Waals surface area contributed by atoms with Crippen molar-refractivity contribution in [1.82, 2.24) is 5.16 Å². The average Bonchev–Trinajstić information content (AvgIpc) is 3.35. The molecule has 144 valence electrons. The van der Waals surface area contributed by atoms with E-state index in [1.165, 1.54) is 26.5 Å². The lowest BCUT2D eigenvalue weighted by Crippen LogP contribution is -1.93. The van der Waals surface area contributed by atoms with Crippen LogP contribution in [0, 0.1) is 0 Å². The van der Waals surface area contributed by atoms with Gasteiger partial charge in [-0.1, -0.05) is 5.16 Å². The van der Waals surface area contributed by atoms with Crippen molar-refractivity contribution in [3.63, 3.8) is 0 Å². The van der Waals surface area contributed by atoms with Crippen molar-refractivity contribution in [3.8, 4) is 51.2 Å². The second kappa shape index (κ2) is 7.38. The van der Waals surface area contributed by atoms with Gasteiger partial charge in [-0.3, -0.25) is 0 Å². The molecule has 28 heavy (non-hydrogen) atoms. The summed E-state index contributed by atoms with van der Waals surface area (Å²) >= 11 is 0. The third kappa shape index (κ3) is 3.21. The van der Waals surface area contributed by atoms with Crippen molar-refractivity contribution in [2.75, 3.05) is 21.0 Å². The molecule has 1 aliphatic heterocycles. The topological polar surface area (TPSA) is 109 Å². The molecule has 10 heteroatoms. The number of fused-ring (bicyclic) bond motifs is 1. The number of methoxy groups -OCH3 is 2. The average molecular weight is 404 g/mol. The molecule has 0 bridgehead atoms. The van der Waals surface area contributed by atoms with Crippen molar-refractivity contribution >= 4 is 8.25 Å². The fraction of sp³-hybridized carbons (Fsp3) is 0.167. The molecule has 4 rings (SSSR count). The second-order valence-electron chi connectivity index (χ2n) is 5.67. The van der Waals surface area contributed by atoms with Crippen molar-refractivity contribution in [2.24, 2.45) is 0 Å². The van der Waals surface area contributed by atoms with Crippen LogP contribution in [0.4, 0.5) is 0 Å². The van der Waals surface area contributed by atoms with Crippen LogP contribution in [-0.2, 0) is 4.57 Å². The van der Waals surface area contributed by atoms with E-state index in [0.717, 1.165) is 0 Å². The van der Waals surface area contributed by atoms with Crippen LogP contribution in [-0.4, -0.2) is 31.1 Å². The number of nitrogens with zero attached hydrogens (tertiary/aromatic N) is 1. The minimum absolute atomic E-state index is 0.0957. The first-order valence-corrected chi connectivity index (χ1v) is 9.19. The maximum Gasteiger partial charge on any atom is 0.747 e. The summed E-state index contributed by atoms with van der Waals surface area (Å²) in [5.41, 5.74) is 1.69. The number of hydrogen-bond acceptors (Lipinski definition) is 8. The molecule has 1 N–H and O–H groups in total. The molecule has 0 spiro atoms. The molecule has 9 nitrogen and oxygen atoms in total. The molecule has 0 fully saturated rings. The van der Waals surface area contributed by atoms with Gasteiger partial charge in [0, 0.05) is 21.8 Å². The first kappa shape index (κ1) is 18.1. The number of ether oxygens (including phenoxy) is 4. The molecule has 0 amide bonds. The normalized spacial score (nSPS) is 12.6. The van der Waals surface area contributed by atoms with Crippen LogP contribution in [0.2, 0.25) is 0 Å². The van der Waals surface area contributed by atoms with Crippen LogP contribution in [0.25, 0.3) is 22.5 Å². The van der Waals surface area contributed by atoms with Crippen LogP contribution in [0.1, 0.15) is 0 Å². The molecule has 1 unspecified atom stereocenters. The molecular formula is C18H15NO8P+. The summed E-state index contributed by atoms with van der Waals surface area (Å²) in [4.78, 5) is 9.21. The van der Waals surface area contributed by atoms with E-state index in [2.05, 4.69) is 5.16 Å². The van der Waals surface area contributed by atoms with Gasteiger partial charge < -0.3 is 23.5 Å². The summed E-state index contributed by atoms with van der Waals surface area (Å²) in [7, 11) is 0.136. The Morgan fingerprint density at radius 2 is 1.93 bits per heavy atom. The van der Waals surface area contributed by atoms with Gasteiger partial charge >= 0.3 is 8.25 Å². The Labute approximate surface area is 160 Å². The molecule has 1 aliphatic rings. The van der Waals surface area contributed by atoms with E-state index in [-0.39, 0.29) is 12.5 Å². The zero-order chi connectivity index (χ0) is 19.7. The Balaban J connectivity index is 1.84. The summed E-state index contributed by atoms with van der Waals surface area (Å²) in [6.07, 6.45) is 1.49. The second-order valence-corrected chi connectivity index (χ2v) is 6.33. The lowest BCUT2D eigenvalue weighted by molar-refractivity contribution is 0.171. The monoisotopic (exact) mass is 404 g/mol. The van der Waals surface area contributed by atoms with Gasteiger partial charge in [0.15, 0.2) is 17.3 Å². The van der Waals surface area contributed by atoms with E-state index in [1.54, 1.807) is 24.3 Å². The first-order chi connectivity index (χ1) is 13.6. The van der Waals surface area contributed by atoms with Gasteiger partial charge in [0.25, 0.3) is 0 Å². The molecule has 0 radical (unpaired) electrons. The highest BCUT2D eigenvalue weighted by Gasteiger charge is 2.26. The zero-order valence-electron chi connectivity index (χ0n) is 14.9. The maximum atomic E-state index is 11.3.